The van der Waals surface area contributed by atoms with Crippen molar-refractivity contribution in [3.63, 3.8) is 0 Å². The van der Waals surface area contributed by atoms with Gasteiger partial charge in [0.1, 0.15) is 4.88 Å². The molecular formula is C13H17Cl2NOS. The lowest BCUT2D eigenvalue weighted by molar-refractivity contribution is 0.0586. The van der Waals surface area contributed by atoms with E-state index in [0.717, 1.165) is 31.4 Å². The second-order valence-corrected chi connectivity index (χ2v) is 6.32. The quantitative estimate of drug-likeness (QED) is 0.741. The number of carbonyl (C=O) groups excluding carboxylic acids is 1. The number of nitrogens with zero attached hydrogens (tertiary/aromatic N) is 1. The molecule has 0 aliphatic heterocycles. The number of aryl methyl sites for hydroxylation is 1. The Hall–Kier alpha value is -0.250. The van der Waals surface area contributed by atoms with Gasteiger partial charge < -0.3 is 4.90 Å². The number of thiophene rings is 1. The first-order valence-corrected chi connectivity index (χ1v) is 8.05. The molecule has 5 heteroatoms. The maximum Gasteiger partial charge on any atom is 0.265 e. The van der Waals surface area contributed by atoms with E-state index in [2.05, 4.69) is 0 Å². The van der Waals surface area contributed by atoms with Crippen LogP contribution in [0.2, 0.25) is 5.02 Å². The van der Waals surface area contributed by atoms with Crippen LogP contribution in [-0.4, -0.2) is 29.3 Å². The summed E-state index contributed by atoms with van der Waals surface area (Å²) in [5.74, 6) is 0.668. The second kappa shape index (κ2) is 6.27. The van der Waals surface area contributed by atoms with Crippen LogP contribution in [0.5, 0.6) is 0 Å². The number of alkyl halides is 1. The van der Waals surface area contributed by atoms with Gasteiger partial charge in [0, 0.05) is 18.5 Å². The summed E-state index contributed by atoms with van der Waals surface area (Å²) >= 11 is 13.4. The maximum atomic E-state index is 12.5. The van der Waals surface area contributed by atoms with Gasteiger partial charge >= 0.3 is 0 Å². The van der Waals surface area contributed by atoms with E-state index in [4.69, 9.17) is 23.2 Å². The molecule has 1 aromatic heterocycles. The molecule has 100 valence electrons. The lowest BCUT2D eigenvalue weighted by Crippen LogP contribution is -2.44. The minimum atomic E-state index is 0.0768. The fourth-order valence-electron chi connectivity index (χ4n) is 2.08. The molecule has 1 amide bonds. The maximum absolute atomic E-state index is 12.5. The first kappa shape index (κ1) is 14.2. The van der Waals surface area contributed by atoms with Crippen molar-refractivity contribution < 1.29 is 4.79 Å². The van der Waals surface area contributed by atoms with Crippen LogP contribution in [-0.2, 0) is 0 Å². The van der Waals surface area contributed by atoms with Crippen molar-refractivity contribution in [3.8, 4) is 0 Å². The molecular weight excluding hydrogens is 289 g/mol. The first-order chi connectivity index (χ1) is 8.65. The molecule has 1 fully saturated rings. The van der Waals surface area contributed by atoms with Gasteiger partial charge in [-0.1, -0.05) is 11.6 Å². The Balaban J connectivity index is 2.14. The zero-order chi connectivity index (χ0) is 13.1. The van der Waals surface area contributed by atoms with Crippen LogP contribution in [0.3, 0.4) is 0 Å². The zero-order valence-electron chi connectivity index (χ0n) is 10.4. The third-order valence-electron chi connectivity index (χ3n) is 3.40. The number of hydrogen-bond donors (Lipinski definition) is 0. The van der Waals surface area contributed by atoms with E-state index in [-0.39, 0.29) is 5.91 Å². The van der Waals surface area contributed by atoms with Crippen molar-refractivity contribution in [2.75, 3.05) is 12.4 Å². The van der Waals surface area contributed by atoms with Gasteiger partial charge in [0.05, 0.1) is 5.02 Å². The van der Waals surface area contributed by atoms with Crippen molar-refractivity contribution in [1.29, 1.82) is 0 Å². The number of amides is 1. The van der Waals surface area contributed by atoms with E-state index < -0.39 is 0 Å². The molecule has 0 N–H and O–H groups in total. The molecule has 0 spiro atoms. The topological polar surface area (TPSA) is 20.3 Å². The number of halogens is 2. The van der Waals surface area contributed by atoms with Crippen LogP contribution in [0.25, 0.3) is 0 Å². The lowest BCUT2D eigenvalue weighted by atomic mass is 9.91. The summed E-state index contributed by atoms with van der Waals surface area (Å²) in [4.78, 5) is 15.2. The molecule has 0 unspecified atom stereocenters. The van der Waals surface area contributed by atoms with E-state index >= 15 is 0 Å². The monoisotopic (exact) mass is 305 g/mol. The summed E-state index contributed by atoms with van der Waals surface area (Å²) in [5, 5.41) is 2.55. The van der Waals surface area contributed by atoms with E-state index in [1.807, 2.05) is 17.2 Å². The summed E-state index contributed by atoms with van der Waals surface area (Å²) in [7, 11) is 0. The average Bonchev–Trinajstić information content (AvgIpc) is 2.62. The van der Waals surface area contributed by atoms with Gasteiger partial charge in [-0.2, -0.15) is 0 Å². The summed E-state index contributed by atoms with van der Waals surface area (Å²) in [6, 6.07) is 0.388. The number of rotatable bonds is 5. The highest BCUT2D eigenvalue weighted by molar-refractivity contribution is 7.13. The number of carbonyl (C=O) groups is 1. The van der Waals surface area contributed by atoms with Crippen LogP contribution in [0.4, 0.5) is 0 Å². The zero-order valence-corrected chi connectivity index (χ0v) is 12.7. The predicted molar refractivity (Wildman–Crippen MR) is 78.1 cm³/mol. The lowest BCUT2D eigenvalue weighted by Gasteiger charge is -2.37. The summed E-state index contributed by atoms with van der Waals surface area (Å²) in [5.41, 5.74) is 0.982. The Morgan fingerprint density at radius 2 is 2.28 bits per heavy atom. The smallest absolute Gasteiger partial charge is 0.265 e. The molecule has 0 radical (unpaired) electrons. The molecule has 0 saturated heterocycles. The standard InChI is InChI=1S/C13H17Cl2NOS/c1-9-8-18-12(11(9)15)13(17)16(7-3-6-14)10-4-2-5-10/h8,10H,2-7H2,1H3. The van der Waals surface area contributed by atoms with Gasteiger partial charge in [-0.25, -0.2) is 0 Å². The van der Waals surface area contributed by atoms with Crippen LogP contribution in [0, 0.1) is 6.92 Å². The summed E-state index contributed by atoms with van der Waals surface area (Å²) in [6.07, 6.45) is 4.27. The molecule has 0 atom stereocenters. The molecule has 2 rings (SSSR count). The molecule has 2 nitrogen and oxygen atoms in total. The van der Waals surface area contributed by atoms with Crippen LogP contribution in [0.1, 0.15) is 40.9 Å². The third kappa shape index (κ3) is 2.84. The molecule has 1 saturated carbocycles. The molecule has 1 aliphatic rings. The Labute approximate surface area is 122 Å². The normalized spacial score (nSPS) is 15.5. The van der Waals surface area contributed by atoms with E-state index in [1.165, 1.54) is 17.8 Å². The van der Waals surface area contributed by atoms with E-state index in [0.29, 0.717) is 21.8 Å². The van der Waals surface area contributed by atoms with Gasteiger partial charge in [-0.3, -0.25) is 4.79 Å². The third-order valence-corrected chi connectivity index (χ3v) is 5.35. The summed E-state index contributed by atoms with van der Waals surface area (Å²) in [6.45, 7) is 2.67. The molecule has 18 heavy (non-hydrogen) atoms. The molecule has 1 aromatic rings. The van der Waals surface area contributed by atoms with Crippen LogP contribution >= 0.6 is 34.5 Å². The van der Waals surface area contributed by atoms with Crippen molar-refractivity contribution >= 4 is 40.4 Å². The fraction of sp³-hybridized carbons (Fsp3) is 0.615. The Bertz CT molecular complexity index is 429. The van der Waals surface area contributed by atoms with Crippen LogP contribution < -0.4 is 0 Å². The SMILES string of the molecule is Cc1csc(C(=O)N(CCCCl)C2CCC2)c1Cl. The van der Waals surface area contributed by atoms with Gasteiger partial charge in [-0.15, -0.1) is 22.9 Å². The summed E-state index contributed by atoms with van der Waals surface area (Å²) < 4.78 is 0. The van der Waals surface area contributed by atoms with Gasteiger partial charge in [0.25, 0.3) is 5.91 Å². The molecule has 0 bridgehead atoms. The number of hydrogen-bond acceptors (Lipinski definition) is 2. The highest BCUT2D eigenvalue weighted by atomic mass is 35.5. The highest BCUT2D eigenvalue weighted by Crippen LogP contribution is 2.32. The second-order valence-electron chi connectivity index (χ2n) is 4.69. The largest absolute Gasteiger partial charge is 0.335 e. The highest BCUT2D eigenvalue weighted by Gasteiger charge is 2.30. The van der Waals surface area contributed by atoms with Crippen molar-refractivity contribution in [3.05, 3.63) is 20.8 Å². The van der Waals surface area contributed by atoms with Crippen molar-refractivity contribution in [2.45, 2.75) is 38.6 Å². The average molecular weight is 306 g/mol. The molecule has 1 heterocycles. The molecule has 1 aliphatic carbocycles. The van der Waals surface area contributed by atoms with Crippen molar-refractivity contribution in [1.82, 2.24) is 4.90 Å². The Kier molecular flexibility index (Phi) is 4.93. The van der Waals surface area contributed by atoms with E-state index in [9.17, 15) is 4.79 Å². The van der Waals surface area contributed by atoms with Gasteiger partial charge in [-0.05, 0) is 43.6 Å². The Morgan fingerprint density at radius 1 is 1.56 bits per heavy atom. The van der Waals surface area contributed by atoms with Crippen LogP contribution in [0.15, 0.2) is 5.38 Å². The minimum absolute atomic E-state index is 0.0768. The fourth-order valence-corrected chi connectivity index (χ4v) is 3.43. The van der Waals surface area contributed by atoms with Gasteiger partial charge in [0.2, 0.25) is 0 Å². The van der Waals surface area contributed by atoms with Crippen molar-refractivity contribution in [2.24, 2.45) is 0 Å². The predicted octanol–water partition coefficient (Wildman–Crippen LogP) is 4.33. The first-order valence-electron chi connectivity index (χ1n) is 6.25. The Morgan fingerprint density at radius 3 is 2.72 bits per heavy atom. The van der Waals surface area contributed by atoms with E-state index in [1.54, 1.807) is 0 Å². The van der Waals surface area contributed by atoms with Gasteiger partial charge in [0.15, 0.2) is 0 Å². The molecule has 0 aromatic carbocycles. The minimum Gasteiger partial charge on any atom is -0.335 e.